The summed E-state index contributed by atoms with van der Waals surface area (Å²) in [5.41, 5.74) is -0.522. The summed E-state index contributed by atoms with van der Waals surface area (Å²) in [5.74, 6) is 0.820. The molecule has 3 rings (SSSR count). The summed E-state index contributed by atoms with van der Waals surface area (Å²) in [5, 5.41) is 10.0. The number of fused-ring (bicyclic) bond motifs is 1. The van der Waals surface area contributed by atoms with Gasteiger partial charge in [0.25, 0.3) is 0 Å². The van der Waals surface area contributed by atoms with Crippen LogP contribution in [0.3, 0.4) is 0 Å². The molecule has 6 nitrogen and oxygen atoms in total. The van der Waals surface area contributed by atoms with E-state index in [1.54, 1.807) is 19.9 Å². The topological polar surface area (TPSA) is 89.9 Å². The van der Waals surface area contributed by atoms with Crippen molar-refractivity contribution in [3.63, 3.8) is 0 Å². The van der Waals surface area contributed by atoms with Crippen LogP contribution < -0.4 is 16.0 Å². The Morgan fingerprint density at radius 3 is 2.27 bits per heavy atom. The summed E-state index contributed by atoms with van der Waals surface area (Å²) in [6.07, 6.45) is -0.289. The van der Waals surface area contributed by atoms with Crippen LogP contribution in [-0.4, -0.2) is 5.11 Å². The van der Waals surface area contributed by atoms with E-state index in [-0.39, 0.29) is 17.2 Å². The van der Waals surface area contributed by atoms with Gasteiger partial charge in [0, 0.05) is 12.1 Å². The third-order valence-electron chi connectivity index (χ3n) is 3.81. The number of rotatable bonds is 1. The predicted octanol–water partition coefficient (Wildman–Crippen LogP) is 2.54. The van der Waals surface area contributed by atoms with Crippen LogP contribution in [0.4, 0.5) is 0 Å². The highest BCUT2D eigenvalue weighted by atomic mass is 16.5. The second kappa shape index (κ2) is 5.05. The van der Waals surface area contributed by atoms with E-state index in [2.05, 4.69) is 0 Å². The maximum Gasteiger partial charge on any atom is 0.346 e. The Labute approximate surface area is 126 Å². The highest BCUT2D eigenvalue weighted by molar-refractivity contribution is 5.40. The fourth-order valence-corrected chi connectivity index (χ4v) is 2.85. The van der Waals surface area contributed by atoms with Gasteiger partial charge in [-0.1, -0.05) is 6.92 Å². The lowest BCUT2D eigenvalue weighted by atomic mass is 9.90. The molecule has 2 aromatic heterocycles. The summed E-state index contributed by atoms with van der Waals surface area (Å²) in [6.45, 7) is 5.09. The molecule has 0 aliphatic carbocycles. The molecule has 0 bridgehead atoms. The van der Waals surface area contributed by atoms with Crippen LogP contribution in [0.2, 0.25) is 0 Å². The van der Waals surface area contributed by atoms with Gasteiger partial charge in [-0.25, -0.2) is 9.59 Å². The Kier molecular flexibility index (Phi) is 3.31. The maximum absolute atomic E-state index is 12.0. The first-order chi connectivity index (χ1) is 10.4. The summed E-state index contributed by atoms with van der Waals surface area (Å²) in [4.78, 5) is 24.0. The van der Waals surface area contributed by atoms with Gasteiger partial charge in [-0.15, -0.1) is 0 Å². The molecule has 1 aliphatic rings. The zero-order valence-electron chi connectivity index (χ0n) is 12.5. The van der Waals surface area contributed by atoms with E-state index < -0.39 is 17.4 Å². The first-order valence-corrected chi connectivity index (χ1v) is 7.01. The third-order valence-corrected chi connectivity index (χ3v) is 3.81. The Bertz CT molecular complexity index is 845. The molecule has 0 fully saturated rings. The molecule has 6 heteroatoms. The van der Waals surface area contributed by atoms with Crippen molar-refractivity contribution in [1.82, 2.24) is 0 Å². The predicted molar refractivity (Wildman–Crippen MR) is 77.5 cm³/mol. The van der Waals surface area contributed by atoms with Crippen LogP contribution in [-0.2, 0) is 0 Å². The van der Waals surface area contributed by atoms with Crippen molar-refractivity contribution in [3.05, 3.63) is 55.6 Å². The first kappa shape index (κ1) is 14.4. The summed E-state index contributed by atoms with van der Waals surface area (Å²) < 4.78 is 15.9. The number of hydrogen-bond donors (Lipinski definition) is 1. The quantitative estimate of drug-likeness (QED) is 0.870. The Hall–Kier alpha value is -2.50. The molecule has 0 saturated carbocycles. The molecule has 2 atom stereocenters. The van der Waals surface area contributed by atoms with Crippen molar-refractivity contribution >= 4 is 0 Å². The fourth-order valence-electron chi connectivity index (χ4n) is 2.85. The van der Waals surface area contributed by atoms with Gasteiger partial charge in [0.2, 0.25) is 0 Å². The Morgan fingerprint density at radius 2 is 1.64 bits per heavy atom. The van der Waals surface area contributed by atoms with Crippen LogP contribution in [0, 0.1) is 13.8 Å². The van der Waals surface area contributed by atoms with Gasteiger partial charge in [-0.05, 0) is 26.2 Å². The molecule has 22 heavy (non-hydrogen) atoms. The van der Waals surface area contributed by atoms with E-state index in [9.17, 15) is 14.7 Å². The number of ether oxygens (including phenoxy) is 1. The highest BCUT2D eigenvalue weighted by Gasteiger charge is 2.33. The second-order valence-corrected chi connectivity index (χ2v) is 5.61. The molecule has 1 N–H and O–H groups in total. The number of hydrogen-bond acceptors (Lipinski definition) is 6. The smallest absolute Gasteiger partial charge is 0.346 e. The average Bonchev–Trinajstić information content (AvgIpc) is 2.35. The zero-order chi connectivity index (χ0) is 16.0. The van der Waals surface area contributed by atoms with Gasteiger partial charge in [0.15, 0.2) is 0 Å². The van der Waals surface area contributed by atoms with E-state index in [0.717, 1.165) is 0 Å². The lowest BCUT2D eigenvalue weighted by Crippen LogP contribution is -2.27. The normalized spacial score (nSPS) is 20.3. The van der Waals surface area contributed by atoms with E-state index in [0.29, 0.717) is 29.3 Å². The lowest BCUT2D eigenvalue weighted by molar-refractivity contribution is 0.151. The van der Waals surface area contributed by atoms with Crippen molar-refractivity contribution in [1.29, 1.82) is 0 Å². The number of aromatic hydroxyl groups is 1. The fraction of sp³-hybridized carbons (Fsp3) is 0.375. The average molecular weight is 304 g/mol. The molecule has 0 amide bonds. The van der Waals surface area contributed by atoms with Crippen molar-refractivity contribution in [2.75, 3.05) is 0 Å². The SMILES string of the molecule is Cc1cc2c(c(=O)o1)[C@@H](C)C[C@H](c1c(O)cc(C)oc1=O)O2. The van der Waals surface area contributed by atoms with Crippen LogP contribution in [0.1, 0.15) is 48.0 Å². The van der Waals surface area contributed by atoms with Gasteiger partial charge in [-0.3, -0.25) is 0 Å². The monoisotopic (exact) mass is 304 g/mol. The standard InChI is InChI=1S/C16H16O6/c1-7-4-11(14-10(17)5-8(2)20-16(14)19)22-12-6-9(3)21-15(18)13(7)12/h5-7,11,17H,4H2,1-3H3/t7-,11+/m0/s1. The molecule has 0 spiro atoms. The van der Waals surface area contributed by atoms with E-state index in [1.807, 2.05) is 6.92 Å². The molecule has 0 unspecified atom stereocenters. The van der Waals surface area contributed by atoms with Crippen molar-refractivity contribution in [2.45, 2.75) is 39.2 Å². The maximum atomic E-state index is 12.0. The van der Waals surface area contributed by atoms with Gasteiger partial charge >= 0.3 is 11.3 Å². The van der Waals surface area contributed by atoms with E-state index >= 15 is 0 Å². The highest BCUT2D eigenvalue weighted by Crippen LogP contribution is 2.41. The zero-order valence-corrected chi connectivity index (χ0v) is 12.5. The number of aryl methyl sites for hydroxylation is 2. The van der Waals surface area contributed by atoms with Crippen LogP contribution in [0.5, 0.6) is 11.5 Å². The van der Waals surface area contributed by atoms with Gasteiger partial charge < -0.3 is 18.7 Å². The molecule has 0 saturated heterocycles. The summed E-state index contributed by atoms with van der Waals surface area (Å²) >= 11 is 0. The molecule has 1 aliphatic heterocycles. The molecular formula is C16H16O6. The minimum Gasteiger partial charge on any atom is -0.507 e. The summed E-state index contributed by atoms with van der Waals surface area (Å²) in [6, 6.07) is 3.00. The van der Waals surface area contributed by atoms with Crippen LogP contribution >= 0.6 is 0 Å². The third kappa shape index (κ3) is 2.30. The van der Waals surface area contributed by atoms with Crippen molar-refractivity contribution < 1.29 is 18.7 Å². The molecule has 0 aromatic carbocycles. The largest absolute Gasteiger partial charge is 0.507 e. The molecule has 2 aromatic rings. The first-order valence-electron chi connectivity index (χ1n) is 7.01. The lowest BCUT2D eigenvalue weighted by Gasteiger charge is -2.29. The molecule has 116 valence electrons. The minimum absolute atomic E-state index is 0.0778. The van der Waals surface area contributed by atoms with E-state index in [4.69, 9.17) is 13.6 Å². The van der Waals surface area contributed by atoms with E-state index in [1.165, 1.54) is 6.07 Å². The van der Waals surface area contributed by atoms with Gasteiger partial charge in [-0.2, -0.15) is 0 Å². The van der Waals surface area contributed by atoms with Gasteiger partial charge in [0.1, 0.15) is 34.7 Å². The molecule has 0 radical (unpaired) electrons. The Balaban J connectivity index is 2.10. The van der Waals surface area contributed by atoms with Crippen LogP contribution in [0.15, 0.2) is 30.6 Å². The minimum atomic E-state index is -0.666. The Morgan fingerprint density at radius 1 is 1.05 bits per heavy atom. The second-order valence-electron chi connectivity index (χ2n) is 5.61. The van der Waals surface area contributed by atoms with Crippen LogP contribution in [0.25, 0.3) is 0 Å². The van der Waals surface area contributed by atoms with Gasteiger partial charge in [0.05, 0.1) is 5.56 Å². The summed E-state index contributed by atoms with van der Waals surface area (Å²) in [7, 11) is 0. The van der Waals surface area contributed by atoms with Crippen molar-refractivity contribution in [3.8, 4) is 11.5 Å². The van der Waals surface area contributed by atoms with Crippen molar-refractivity contribution in [2.24, 2.45) is 0 Å². The molecule has 3 heterocycles. The molecular weight excluding hydrogens is 288 g/mol.